The van der Waals surface area contributed by atoms with E-state index in [1.165, 1.54) is 25.6 Å². The second-order valence-corrected chi connectivity index (χ2v) is 8.39. The fraction of sp³-hybridized carbons (Fsp3) is 0.350. The highest BCUT2D eigenvalue weighted by Gasteiger charge is 2.23. The number of carbonyl (C=O) groups excluding carboxylic acids is 3. The van der Waals surface area contributed by atoms with E-state index in [1.54, 1.807) is 32.2 Å². The van der Waals surface area contributed by atoms with Gasteiger partial charge in [-0.1, -0.05) is 11.6 Å². The molecule has 2 amide bonds. The summed E-state index contributed by atoms with van der Waals surface area (Å²) in [6.45, 7) is 3.76. The van der Waals surface area contributed by atoms with Gasteiger partial charge in [0.1, 0.15) is 10.8 Å². The van der Waals surface area contributed by atoms with Crippen LogP contribution in [0.25, 0.3) is 0 Å². The molecule has 10 heteroatoms. The highest BCUT2D eigenvalue weighted by Crippen LogP contribution is 2.32. The number of hydrogen-bond acceptors (Lipinski definition) is 6. The average molecular weight is 455 g/mol. The summed E-state index contributed by atoms with van der Waals surface area (Å²) >= 11 is 7.28. The van der Waals surface area contributed by atoms with E-state index in [9.17, 15) is 14.4 Å². The first kappa shape index (κ1) is 23.7. The molecule has 0 saturated heterocycles. The molecule has 0 aliphatic heterocycles. The number of hydrogen-bond donors (Lipinski definition) is 3. The Morgan fingerprint density at radius 1 is 1.10 bits per heavy atom. The number of rotatable bonds is 8. The highest BCUT2D eigenvalue weighted by atomic mass is 35.5. The number of thiophene rings is 1. The van der Waals surface area contributed by atoms with Crippen molar-refractivity contribution in [1.29, 1.82) is 0 Å². The third kappa shape index (κ3) is 5.94. The van der Waals surface area contributed by atoms with Crippen molar-refractivity contribution < 1.29 is 28.8 Å². The largest absolute Gasteiger partial charge is 0.495 e. The van der Waals surface area contributed by atoms with Crippen LogP contribution >= 0.6 is 22.9 Å². The standard InChI is InChI=1S/C20H24ClN3O5S/c1-11-12(2)30-19(18(11)20(27)29-5)23-17(26)10-24(3)9-16(25)22-14-8-13(21)6-7-15(14)28-4/h6-8H,9-10H2,1-5H3,(H,22,25)(H,23,26)/p+1. The van der Waals surface area contributed by atoms with Crippen molar-refractivity contribution in [3.05, 3.63) is 39.2 Å². The lowest BCUT2D eigenvalue weighted by atomic mass is 10.1. The molecule has 0 spiro atoms. The summed E-state index contributed by atoms with van der Waals surface area (Å²) in [7, 11) is 4.52. The van der Waals surface area contributed by atoms with E-state index in [0.717, 1.165) is 10.4 Å². The number of carbonyl (C=O) groups is 3. The quantitative estimate of drug-likeness (QED) is 0.529. The van der Waals surface area contributed by atoms with Crippen LogP contribution in [-0.4, -0.2) is 52.1 Å². The van der Waals surface area contributed by atoms with Crippen LogP contribution < -0.4 is 20.3 Å². The van der Waals surface area contributed by atoms with Crippen molar-refractivity contribution in [2.45, 2.75) is 13.8 Å². The molecule has 1 atom stereocenters. The summed E-state index contributed by atoms with van der Waals surface area (Å²) in [4.78, 5) is 38.4. The summed E-state index contributed by atoms with van der Waals surface area (Å²) < 4.78 is 10.0. The maximum Gasteiger partial charge on any atom is 0.341 e. The zero-order valence-electron chi connectivity index (χ0n) is 17.5. The minimum Gasteiger partial charge on any atom is -0.495 e. The topological polar surface area (TPSA) is 98.2 Å². The molecule has 0 bridgehead atoms. The van der Waals surface area contributed by atoms with Gasteiger partial charge in [0.05, 0.1) is 32.5 Å². The SMILES string of the molecule is COC(=O)c1c(NC(=O)C[NH+](C)CC(=O)Nc2cc(Cl)ccc2OC)sc(C)c1C. The number of halogens is 1. The smallest absolute Gasteiger partial charge is 0.341 e. The van der Waals surface area contributed by atoms with Crippen LogP contribution in [0.3, 0.4) is 0 Å². The van der Waals surface area contributed by atoms with E-state index in [4.69, 9.17) is 21.1 Å². The van der Waals surface area contributed by atoms with E-state index < -0.39 is 5.97 Å². The van der Waals surface area contributed by atoms with Crippen LogP contribution in [0.5, 0.6) is 5.75 Å². The molecule has 2 rings (SSSR count). The maximum absolute atomic E-state index is 12.4. The first-order chi connectivity index (χ1) is 14.2. The molecule has 3 N–H and O–H groups in total. The highest BCUT2D eigenvalue weighted by molar-refractivity contribution is 7.16. The second kappa shape index (κ2) is 10.4. The Bertz CT molecular complexity index is 960. The zero-order chi connectivity index (χ0) is 22.4. The molecular formula is C20H25ClN3O5S+. The van der Waals surface area contributed by atoms with Crippen molar-refractivity contribution >= 4 is 51.4 Å². The number of amides is 2. The molecule has 1 heterocycles. The van der Waals surface area contributed by atoms with Crippen LogP contribution in [0.15, 0.2) is 18.2 Å². The lowest BCUT2D eigenvalue weighted by Crippen LogP contribution is -3.11. The fourth-order valence-electron chi connectivity index (χ4n) is 2.82. The normalized spacial score (nSPS) is 11.5. The average Bonchev–Trinajstić information content (AvgIpc) is 2.94. The number of methoxy groups -OCH3 is 2. The molecule has 0 radical (unpaired) electrons. The predicted octanol–water partition coefficient (Wildman–Crippen LogP) is 1.91. The molecule has 162 valence electrons. The molecule has 0 saturated carbocycles. The van der Waals surface area contributed by atoms with Crippen LogP contribution in [0.4, 0.5) is 10.7 Å². The summed E-state index contributed by atoms with van der Waals surface area (Å²) in [5, 5.41) is 6.41. The molecular weight excluding hydrogens is 430 g/mol. The van der Waals surface area contributed by atoms with Gasteiger partial charge in [-0.2, -0.15) is 0 Å². The van der Waals surface area contributed by atoms with Crippen molar-refractivity contribution in [2.75, 3.05) is 45.0 Å². The van der Waals surface area contributed by atoms with Gasteiger partial charge in [0.15, 0.2) is 13.1 Å². The molecule has 0 aliphatic rings. The molecule has 0 fully saturated rings. The van der Waals surface area contributed by atoms with E-state index in [0.29, 0.717) is 31.9 Å². The first-order valence-corrected chi connectivity index (χ1v) is 10.3. The molecule has 1 aromatic heterocycles. The number of anilines is 2. The van der Waals surface area contributed by atoms with Gasteiger partial charge in [0, 0.05) is 9.90 Å². The first-order valence-electron chi connectivity index (χ1n) is 9.09. The third-order valence-corrected chi connectivity index (χ3v) is 5.75. The number of esters is 1. The second-order valence-electron chi connectivity index (χ2n) is 6.73. The number of likely N-dealkylation sites (N-methyl/N-ethyl adjacent to an activating group) is 1. The summed E-state index contributed by atoms with van der Waals surface area (Å²) in [6.07, 6.45) is 0. The number of aryl methyl sites for hydroxylation is 1. The van der Waals surface area contributed by atoms with Gasteiger partial charge >= 0.3 is 5.97 Å². The van der Waals surface area contributed by atoms with Gasteiger partial charge in [0.2, 0.25) is 0 Å². The van der Waals surface area contributed by atoms with Gasteiger partial charge in [-0.3, -0.25) is 9.59 Å². The number of ether oxygens (including phenoxy) is 2. The Morgan fingerprint density at radius 3 is 2.33 bits per heavy atom. The Balaban J connectivity index is 1.97. The Hall–Kier alpha value is -2.62. The molecule has 8 nitrogen and oxygen atoms in total. The molecule has 1 unspecified atom stereocenters. The van der Waals surface area contributed by atoms with Gasteiger partial charge < -0.3 is 25.0 Å². The van der Waals surface area contributed by atoms with E-state index in [1.807, 2.05) is 6.92 Å². The van der Waals surface area contributed by atoms with E-state index in [-0.39, 0.29) is 24.9 Å². The Morgan fingerprint density at radius 2 is 1.73 bits per heavy atom. The van der Waals surface area contributed by atoms with Gasteiger partial charge in [-0.25, -0.2) is 4.79 Å². The fourth-order valence-corrected chi connectivity index (χ4v) is 4.05. The van der Waals surface area contributed by atoms with Crippen molar-refractivity contribution in [2.24, 2.45) is 0 Å². The van der Waals surface area contributed by atoms with Crippen molar-refractivity contribution in [3.63, 3.8) is 0 Å². The van der Waals surface area contributed by atoms with Crippen LogP contribution in [0.2, 0.25) is 5.02 Å². The third-order valence-electron chi connectivity index (χ3n) is 4.39. The predicted molar refractivity (Wildman–Crippen MR) is 117 cm³/mol. The summed E-state index contributed by atoms with van der Waals surface area (Å²) in [6, 6.07) is 4.91. The lowest BCUT2D eigenvalue weighted by Gasteiger charge is -2.15. The van der Waals surface area contributed by atoms with Crippen molar-refractivity contribution in [3.8, 4) is 5.75 Å². The van der Waals surface area contributed by atoms with E-state index in [2.05, 4.69) is 10.6 Å². The monoisotopic (exact) mass is 454 g/mol. The van der Waals surface area contributed by atoms with Gasteiger partial charge in [-0.05, 0) is 37.6 Å². The molecule has 2 aromatic rings. The number of benzene rings is 1. The van der Waals surface area contributed by atoms with Gasteiger partial charge in [-0.15, -0.1) is 11.3 Å². The summed E-state index contributed by atoms with van der Waals surface area (Å²) in [5.41, 5.74) is 1.59. The lowest BCUT2D eigenvalue weighted by molar-refractivity contribution is -0.862. The summed E-state index contributed by atoms with van der Waals surface area (Å²) in [5.74, 6) is -0.615. The minimum absolute atomic E-state index is 0.0384. The molecule has 0 aliphatic carbocycles. The number of nitrogens with one attached hydrogen (secondary N) is 3. The molecule has 30 heavy (non-hydrogen) atoms. The van der Waals surface area contributed by atoms with Crippen molar-refractivity contribution in [1.82, 2.24) is 0 Å². The van der Waals surface area contributed by atoms with Crippen LogP contribution in [-0.2, 0) is 14.3 Å². The maximum atomic E-state index is 12.4. The Kier molecular flexibility index (Phi) is 8.22. The Labute approximate surface area is 184 Å². The van der Waals surface area contributed by atoms with Gasteiger partial charge in [0.25, 0.3) is 11.8 Å². The van der Waals surface area contributed by atoms with E-state index >= 15 is 0 Å². The van der Waals surface area contributed by atoms with Crippen LogP contribution in [0.1, 0.15) is 20.8 Å². The molecule has 1 aromatic carbocycles. The number of quaternary nitrogens is 1. The zero-order valence-corrected chi connectivity index (χ0v) is 19.0. The minimum atomic E-state index is -0.498. The van der Waals surface area contributed by atoms with Crippen LogP contribution in [0, 0.1) is 13.8 Å².